The van der Waals surface area contributed by atoms with Crippen LogP contribution in [-0.2, 0) is 9.84 Å². The molecule has 2 heterocycles. The van der Waals surface area contributed by atoms with E-state index in [9.17, 15) is 13.2 Å². The Morgan fingerprint density at radius 1 is 1.29 bits per heavy atom. The van der Waals surface area contributed by atoms with E-state index in [2.05, 4.69) is 5.32 Å². The molecule has 1 saturated heterocycles. The summed E-state index contributed by atoms with van der Waals surface area (Å²) in [5, 5.41) is 2.81. The largest absolute Gasteiger partial charge is 0.454 e. The molecule has 1 atom stereocenters. The van der Waals surface area contributed by atoms with E-state index in [1.807, 2.05) is 0 Å². The van der Waals surface area contributed by atoms with E-state index in [0.29, 0.717) is 36.4 Å². The van der Waals surface area contributed by atoms with E-state index in [1.165, 1.54) is 0 Å². The molecule has 1 unspecified atom stereocenters. The van der Waals surface area contributed by atoms with Crippen molar-refractivity contribution in [1.82, 2.24) is 5.32 Å². The average molecular weight is 311 g/mol. The molecule has 3 rings (SSSR count). The van der Waals surface area contributed by atoms with Crippen LogP contribution in [0, 0.1) is 5.92 Å². The van der Waals surface area contributed by atoms with Crippen LogP contribution in [0.2, 0.25) is 0 Å². The maximum atomic E-state index is 12.0. The molecule has 7 heteroatoms. The molecular weight excluding hydrogens is 294 g/mol. The molecule has 1 fully saturated rings. The fourth-order valence-electron chi connectivity index (χ4n) is 2.63. The number of sulfone groups is 1. The first kappa shape index (κ1) is 14.2. The SMILES string of the molecule is O=C(NCCC1CCS(=O)(=O)C1)c1ccc2c(c1)OCO2. The Hall–Kier alpha value is -1.76. The zero-order chi connectivity index (χ0) is 14.9. The van der Waals surface area contributed by atoms with E-state index < -0.39 is 9.84 Å². The van der Waals surface area contributed by atoms with Crippen LogP contribution in [0.1, 0.15) is 23.2 Å². The van der Waals surface area contributed by atoms with Crippen LogP contribution < -0.4 is 14.8 Å². The van der Waals surface area contributed by atoms with Crippen LogP contribution in [-0.4, -0.2) is 39.2 Å². The first-order valence-electron chi connectivity index (χ1n) is 6.92. The van der Waals surface area contributed by atoms with Gasteiger partial charge in [-0.1, -0.05) is 0 Å². The number of carbonyl (C=O) groups excluding carboxylic acids is 1. The van der Waals surface area contributed by atoms with E-state index in [1.54, 1.807) is 18.2 Å². The highest BCUT2D eigenvalue weighted by molar-refractivity contribution is 7.91. The van der Waals surface area contributed by atoms with Gasteiger partial charge in [0.2, 0.25) is 6.79 Å². The van der Waals surface area contributed by atoms with Crippen LogP contribution in [0.15, 0.2) is 18.2 Å². The van der Waals surface area contributed by atoms with Crippen LogP contribution in [0.4, 0.5) is 0 Å². The topological polar surface area (TPSA) is 81.7 Å². The zero-order valence-electron chi connectivity index (χ0n) is 11.5. The highest BCUT2D eigenvalue weighted by Crippen LogP contribution is 2.32. The van der Waals surface area contributed by atoms with Gasteiger partial charge in [-0.15, -0.1) is 0 Å². The second kappa shape index (κ2) is 5.55. The number of nitrogens with one attached hydrogen (secondary N) is 1. The Balaban J connectivity index is 1.51. The van der Waals surface area contributed by atoms with Gasteiger partial charge in [0.15, 0.2) is 21.3 Å². The third-order valence-electron chi connectivity index (χ3n) is 3.80. The minimum absolute atomic E-state index is 0.159. The maximum absolute atomic E-state index is 12.0. The molecule has 21 heavy (non-hydrogen) atoms. The summed E-state index contributed by atoms with van der Waals surface area (Å²) in [4.78, 5) is 12.0. The third-order valence-corrected chi connectivity index (χ3v) is 5.64. The molecule has 0 saturated carbocycles. The van der Waals surface area contributed by atoms with Gasteiger partial charge in [-0.2, -0.15) is 0 Å². The van der Waals surface area contributed by atoms with Crippen molar-refractivity contribution in [2.24, 2.45) is 5.92 Å². The highest BCUT2D eigenvalue weighted by atomic mass is 32.2. The van der Waals surface area contributed by atoms with Gasteiger partial charge in [-0.3, -0.25) is 4.79 Å². The lowest BCUT2D eigenvalue weighted by Crippen LogP contribution is -2.26. The summed E-state index contributed by atoms with van der Waals surface area (Å²) >= 11 is 0. The molecule has 0 spiro atoms. The van der Waals surface area contributed by atoms with Crippen molar-refractivity contribution in [3.63, 3.8) is 0 Å². The Morgan fingerprint density at radius 2 is 2.10 bits per heavy atom. The molecule has 1 aromatic rings. The van der Waals surface area contributed by atoms with Crippen molar-refractivity contribution in [1.29, 1.82) is 0 Å². The maximum Gasteiger partial charge on any atom is 0.251 e. The number of ether oxygens (including phenoxy) is 2. The van der Waals surface area contributed by atoms with Gasteiger partial charge < -0.3 is 14.8 Å². The van der Waals surface area contributed by atoms with Crippen LogP contribution >= 0.6 is 0 Å². The predicted octanol–water partition coefficient (Wildman–Crippen LogP) is 0.970. The number of benzene rings is 1. The lowest BCUT2D eigenvalue weighted by atomic mass is 10.1. The van der Waals surface area contributed by atoms with Gasteiger partial charge in [-0.05, 0) is 37.0 Å². The van der Waals surface area contributed by atoms with Crippen LogP contribution in [0.25, 0.3) is 0 Å². The van der Waals surface area contributed by atoms with Gasteiger partial charge in [0.1, 0.15) is 0 Å². The molecule has 2 aliphatic rings. The number of hydrogen-bond acceptors (Lipinski definition) is 5. The Labute approximate surface area is 123 Å². The van der Waals surface area contributed by atoms with Crippen molar-refractivity contribution in [3.8, 4) is 11.5 Å². The van der Waals surface area contributed by atoms with Crippen molar-refractivity contribution in [2.75, 3.05) is 24.8 Å². The molecule has 1 aromatic carbocycles. The van der Waals surface area contributed by atoms with Gasteiger partial charge in [-0.25, -0.2) is 8.42 Å². The van der Waals surface area contributed by atoms with Gasteiger partial charge in [0, 0.05) is 12.1 Å². The molecule has 0 bridgehead atoms. The van der Waals surface area contributed by atoms with Crippen molar-refractivity contribution >= 4 is 15.7 Å². The number of hydrogen-bond donors (Lipinski definition) is 1. The Morgan fingerprint density at radius 3 is 2.86 bits per heavy atom. The molecule has 0 radical (unpaired) electrons. The lowest BCUT2D eigenvalue weighted by molar-refractivity contribution is 0.0951. The minimum atomic E-state index is -2.85. The molecule has 0 aliphatic carbocycles. The fraction of sp³-hybridized carbons (Fsp3) is 0.500. The van der Waals surface area contributed by atoms with Crippen LogP contribution in [0.3, 0.4) is 0 Å². The van der Waals surface area contributed by atoms with Crippen LogP contribution in [0.5, 0.6) is 11.5 Å². The minimum Gasteiger partial charge on any atom is -0.454 e. The smallest absolute Gasteiger partial charge is 0.251 e. The van der Waals surface area contributed by atoms with Crippen molar-refractivity contribution in [3.05, 3.63) is 23.8 Å². The standard InChI is InChI=1S/C14H17NO5S/c16-14(11-1-2-12-13(7-11)20-9-19-12)15-5-3-10-4-6-21(17,18)8-10/h1-2,7,10H,3-6,8-9H2,(H,15,16). The van der Waals surface area contributed by atoms with Crippen molar-refractivity contribution < 1.29 is 22.7 Å². The summed E-state index contributed by atoms with van der Waals surface area (Å²) in [5.74, 6) is 1.70. The first-order chi connectivity index (χ1) is 10.0. The predicted molar refractivity (Wildman–Crippen MR) is 76.3 cm³/mol. The summed E-state index contributed by atoms with van der Waals surface area (Å²) in [7, 11) is -2.85. The molecule has 0 aromatic heterocycles. The number of fused-ring (bicyclic) bond motifs is 1. The Kier molecular flexibility index (Phi) is 3.75. The molecule has 6 nitrogen and oxygen atoms in total. The monoisotopic (exact) mass is 311 g/mol. The van der Waals surface area contributed by atoms with Gasteiger partial charge >= 0.3 is 0 Å². The number of carbonyl (C=O) groups is 1. The summed E-state index contributed by atoms with van der Waals surface area (Å²) in [5.41, 5.74) is 0.512. The summed E-state index contributed by atoms with van der Waals surface area (Å²) in [6.07, 6.45) is 1.39. The second-order valence-electron chi connectivity index (χ2n) is 5.38. The summed E-state index contributed by atoms with van der Waals surface area (Å²) < 4.78 is 33.1. The first-order valence-corrected chi connectivity index (χ1v) is 8.74. The van der Waals surface area contributed by atoms with Crippen molar-refractivity contribution in [2.45, 2.75) is 12.8 Å². The molecule has 2 aliphatic heterocycles. The quantitative estimate of drug-likeness (QED) is 0.896. The summed E-state index contributed by atoms with van der Waals surface area (Å²) in [6, 6.07) is 5.04. The normalized spacial score (nSPS) is 22.2. The molecule has 1 amide bonds. The van der Waals surface area contributed by atoms with Gasteiger partial charge in [0.25, 0.3) is 5.91 Å². The second-order valence-corrected chi connectivity index (χ2v) is 7.61. The fourth-order valence-corrected chi connectivity index (χ4v) is 4.54. The van der Waals surface area contributed by atoms with Gasteiger partial charge in [0.05, 0.1) is 11.5 Å². The van der Waals surface area contributed by atoms with E-state index in [-0.39, 0.29) is 30.1 Å². The summed E-state index contributed by atoms with van der Waals surface area (Å²) in [6.45, 7) is 0.657. The Bertz CT molecular complexity index is 655. The average Bonchev–Trinajstić information content (AvgIpc) is 3.04. The molecule has 114 valence electrons. The molecular formula is C14H17NO5S. The zero-order valence-corrected chi connectivity index (χ0v) is 12.3. The lowest BCUT2D eigenvalue weighted by Gasteiger charge is -2.09. The number of amides is 1. The number of rotatable bonds is 4. The van der Waals surface area contributed by atoms with E-state index >= 15 is 0 Å². The van der Waals surface area contributed by atoms with E-state index in [4.69, 9.17) is 9.47 Å². The highest BCUT2D eigenvalue weighted by Gasteiger charge is 2.27. The molecule has 1 N–H and O–H groups in total. The third kappa shape index (κ3) is 3.29. The van der Waals surface area contributed by atoms with E-state index in [0.717, 1.165) is 0 Å².